The Hall–Kier alpha value is -2.93. The lowest BCUT2D eigenvalue weighted by Gasteiger charge is -2.04. The normalized spacial score (nSPS) is 11.5. The van der Waals surface area contributed by atoms with E-state index in [0.717, 1.165) is 5.56 Å². The highest BCUT2D eigenvalue weighted by atomic mass is 32.1. The lowest BCUT2D eigenvalue weighted by molar-refractivity contribution is -0.117. The fourth-order valence-corrected chi connectivity index (χ4v) is 3.08. The highest BCUT2D eigenvalue weighted by Gasteiger charge is 2.08. The second-order valence-electron chi connectivity index (χ2n) is 5.79. The van der Waals surface area contributed by atoms with Crippen LogP contribution >= 0.6 is 11.3 Å². The summed E-state index contributed by atoms with van der Waals surface area (Å²) in [5.41, 5.74) is 2.36. The summed E-state index contributed by atoms with van der Waals surface area (Å²) in [7, 11) is 0. The maximum atomic E-state index is 12.1. The molecule has 0 bridgehead atoms. The van der Waals surface area contributed by atoms with Crippen LogP contribution in [0.25, 0.3) is 0 Å². The van der Waals surface area contributed by atoms with Crippen molar-refractivity contribution in [3.63, 3.8) is 0 Å². The summed E-state index contributed by atoms with van der Waals surface area (Å²) in [6.45, 7) is 2.92. The van der Waals surface area contributed by atoms with Gasteiger partial charge in [-0.1, -0.05) is 29.8 Å². The Morgan fingerprint density at radius 3 is 2.77 bits per heavy atom. The molecule has 0 saturated heterocycles. The molecule has 3 rings (SSSR count). The fraction of sp³-hybridized carbons (Fsp3) is 0.211. The van der Waals surface area contributed by atoms with Gasteiger partial charge < -0.3 is 14.3 Å². The number of hydrogen-bond donors (Lipinski definition) is 1. The van der Waals surface area contributed by atoms with Crippen molar-refractivity contribution >= 4 is 23.2 Å². The van der Waals surface area contributed by atoms with Gasteiger partial charge in [0.15, 0.2) is 10.6 Å². The number of benzene rings is 1. The van der Waals surface area contributed by atoms with Gasteiger partial charge in [0.05, 0.1) is 6.26 Å². The summed E-state index contributed by atoms with van der Waals surface area (Å²) in [5.74, 6) is -0.387. The number of aromatic nitrogens is 1. The van der Waals surface area contributed by atoms with Crippen LogP contribution in [0.3, 0.4) is 0 Å². The predicted octanol–water partition coefficient (Wildman–Crippen LogP) is 2.75. The average molecular weight is 369 g/mol. The van der Waals surface area contributed by atoms with Crippen molar-refractivity contribution in [2.75, 3.05) is 6.54 Å². The first kappa shape index (κ1) is 17.9. The van der Waals surface area contributed by atoms with Gasteiger partial charge in [0.1, 0.15) is 0 Å². The number of furan rings is 1. The zero-order valence-corrected chi connectivity index (χ0v) is 15.2. The van der Waals surface area contributed by atoms with Crippen LogP contribution in [0.4, 0.5) is 0 Å². The molecule has 1 aromatic carbocycles. The zero-order chi connectivity index (χ0) is 18.4. The lowest BCUT2D eigenvalue weighted by Crippen LogP contribution is -2.26. The number of carbonyl (C=O) groups excluding carboxylic acids is 2. The van der Waals surface area contributed by atoms with Gasteiger partial charge in [0, 0.05) is 31.1 Å². The minimum Gasteiger partial charge on any atom is -0.459 e. The summed E-state index contributed by atoms with van der Waals surface area (Å²) in [6, 6.07) is 11.5. The van der Waals surface area contributed by atoms with Gasteiger partial charge in [0.2, 0.25) is 5.91 Å². The van der Waals surface area contributed by atoms with Gasteiger partial charge in [-0.25, -0.2) is 0 Å². The van der Waals surface area contributed by atoms with Crippen LogP contribution in [0, 0.1) is 6.92 Å². The molecular weight excluding hydrogens is 350 g/mol. The molecule has 0 unspecified atom stereocenters. The second-order valence-corrected chi connectivity index (χ2v) is 6.66. The van der Waals surface area contributed by atoms with Crippen molar-refractivity contribution in [3.8, 4) is 0 Å². The largest absolute Gasteiger partial charge is 0.459 e. The monoisotopic (exact) mass is 369 g/mol. The standard InChI is InChI=1S/C19H19N3O3S/c1-14-4-6-15(7-5-14)13-22-10-12-26-19(22)21-17(23)8-9-20-18(24)16-3-2-11-25-16/h2-7,10-12H,8-9,13H2,1H3,(H,20,24). The minimum atomic E-state index is -0.339. The Kier molecular flexibility index (Phi) is 5.80. The number of aryl methyl sites for hydroxylation is 1. The van der Waals surface area contributed by atoms with E-state index in [0.29, 0.717) is 11.3 Å². The van der Waals surface area contributed by atoms with Crippen LogP contribution in [0.5, 0.6) is 0 Å². The molecule has 0 aliphatic rings. The highest BCUT2D eigenvalue weighted by molar-refractivity contribution is 7.07. The Balaban J connectivity index is 1.57. The molecule has 0 spiro atoms. The SMILES string of the molecule is Cc1ccc(Cn2ccsc2=NC(=O)CCNC(=O)c2ccco2)cc1. The van der Waals surface area contributed by atoms with E-state index in [1.807, 2.05) is 23.1 Å². The van der Waals surface area contributed by atoms with E-state index >= 15 is 0 Å². The molecule has 0 aliphatic carbocycles. The third-order valence-electron chi connectivity index (χ3n) is 3.72. The molecule has 2 aromatic heterocycles. The van der Waals surface area contributed by atoms with Crippen LogP contribution in [0.2, 0.25) is 0 Å². The topological polar surface area (TPSA) is 76.6 Å². The summed E-state index contributed by atoms with van der Waals surface area (Å²) in [6.07, 6.45) is 3.48. The Morgan fingerprint density at radius 2 is 2.04 bits per heavy atom. The number of rotatable bonds is 6. The molecule has 7 heteroatoms. The van der Waals surface area contributed by atoms with E-state index in [2.05, 4.69) is 34.6 Å². The average Bonchev–Trinajstić information content (AvgIpc) is 3.29. The summed E-state index contributed by atoms with van der Waals surface area (Å²) >= 11 is 1.41. The first-order valence-electron chi connectivity index (χ1n) is 8.20. The Morgan fingerprint density at radius 1 is 1.23 bits per heavy atom. The van der Waals surface area contributed by atoms with Crippen molar-refractivity contribution in [2.45, 2.75) is 19.9 Å². The van der Waals surface area contributed by atoms with Crippen LogP contribution < -0.4 is 10.1 Å². The number of nitrogens with one attached hydrogen (secondary N) is 1. The van der Waals surface area contributed by atoms with Crippen LogP contribution in [-0.2, 0) is 11.3 Å². The summed E-state index contributed by atoms with van der Waals surface area (Å²) in [5, 5.41) is 4.54. The number of carbonyl (C=O) groups is 2. The number of hydrogen-bond acceptors (Lipinski definition) is 4. The smallest absolute Gasteiger partial charge is 0.286 e. The molecular formula is C19H19N3O3S. The van der Waals surface area contributed by atoms with E-state index in [9.17, 15) is 9.59 Å². The van der Waals surface area contributed by atoms with Gasteiger partial charge in [-0.3, -0.25) is 9.59 Å². The highest BCUT2D eigenvalue weighted by Crippen LogP contribution is 2.05. The third kappa shape index (κ3) is 4.80. The molecule has 0 atom stereocenters. The van der Waals surface area contributed by atoms with Gasteiger partial charge in [-0.05, 0) is 24.6 Å². The molecule has 2 amide bonds. The maximum absolute atomic E-state index is 12.1. The number of amides is 2. The number of nitrogens with zero attached hydrogens (tertiary/aromatic N) is 2. The van der Waals surface area contributed by atoms with Crippen molar-refractivity contribution in [2.24, 2.45) is 4.99 Å². The maximum Gasteiger partial charge on any atom is 0.286 e. The van der Waals surface area contributed by atoms with Gasteiger partial charge in [-0.2, -0.15) is 4.99 Å². The van der Waals surface area contributed by atoms with E-state index in [-0.39, 0.29) is 30.5 Å². The van der Waals surface area contributed by atoms with Crippen LogP contribution in [-0.4, -0.2) is 22.9 Å². The molecule has 0 saturated carbocycles. The van der Waals surface area contributed by atoms with Crippen molar-refractivity contribution in [3.05, 3.63) is 75.9 Å². The molecule has 6 nitrogen and oxygen atoms in total. The first-order chi connectivity index (χ1) is 12.6. The van der Waals surface area contributed by atoms with Gasteiger partial charge in [-0.15, -0.1) is 11.3 Å². The van der Waals surface area contributed by atoms with E-state index in [4.69, 9.17) is 4.42 Å². The molecule has 134 valence electrons. The zero-order valence-electron chi connectivity index (χ0n) is 14.3. The van der Waals surface area contributed by atoms with Crippen molar-refractivity contribution in [1.29, 1.82) is 0 Å². The van der Waals surface area contributed by atoms with Crippen molar-refractivity contribution in [1.82, 2.24) is 9.88 Å². The third-order valence-corrected chi connectivity index (χ3v) is 4.52. The minimum absolute atomic E-state index is 0.134. The quantitative estimate of drug-likeness (QED) is 0.726. The molecule has 1 N–H and O–H groups in total. The molecule has 0 radical (unpaired) electrons. The van der Waals surface area contributed by atoms with Gasteiger partial charge in [0.25, 0.3) is 5.91 Å². The molecule has 2 heterocycles. The fourth-order valence-electron chi connectivity index (χ4n) is 2.34. The van der Waals surface area contributed by atoms with Crippen LogP contribution in [0.15, 0.2) is 63.6 Å². The second kappa shape index (κ2) is 8.44. The summed E-state index contributed by atoms with van der Waals surface area (Å²) < 4.78 is 6.93. The summed E-state index contributed by atoms with van der Waals surface area (Å²) in [4.78, 5) is 28.6. The molecule has 0 fully saturated rings. The lowest BCUT2D eigenvalue weighted by atomic mass is 10.1. The van der Waals surface area contributed by atoms with E-state index in [1.54, 1.807) is 12.1 Å². The van der Waals surface area contributed by atoms with Crippen LogP contribution in [0.1, 0.15) is 28.1 Å². The first-order valence-corrected chi connectivity index (χ1v) is 9.08. The Labute approximate surface area is 154 Å². The van der Waals surface area contributed by atoms with E-state index in [1.165, 1.54) is 23.2 Å². The van der Waals surface area contributed by atoms with E-state index < -0.39 is 0 Å². The van der Waals surface area contributed by atoms with Crippen molar-refractivity contribution < 1.29 is 14.0 Å². The Bertz CT molecular complexity index is 937. The molecule has 26 heavy (non-hydrogen) atoms. The molecule has 3 aromatic rings. The number of thiazole rings is 1. The van der Waals surface area contributed by atoms with Gasteiger partial charge >= 0.3 is 0 Å². The molecule has 0 aliphatic heterocycles. The predicted molar refractivity (Wildman–Crippen MR) is 98.8 cm³/mol.